The van der Waals surface area contributed by atoms with Crippen molar-refractivity contribution >= 4 is 27.3 Å². The fourth-order valence-corrected chi connectivity index (χ4v) is 3.45. The van der Waals surface area contributed by atoms with E-state index in [1.165, 1.54) is 16.5 Å². The fourth-order valence-electron chi connectivity index (χ4n) is 2.02. The molecule has 1 unspecified atom stereocenters. The number of hydrogen-bond donors (Lipinski definition) is 1. The van der Waals surface area contributed by atoms with Crippen LogP contribution >= 0.6 is 27.3 Å². The third kappa shape index (κ3) is 3.44. The number of thiophene rings is 1. The average molecular weight is 342 g/mol. The predicted molar refractivity (Wildman–Crippen MR) is 83.3 cm³/mol. The number of halogens is 2. The van der Waals surface area contributed by atoms with Gasteiger partial charge in [-0.05, 0) is 70.5 Å². The van der Waals surface area contributed by atoms with Crippen molar-refractivity contribution in [2.45, 2.75) is 26.3 Å². The molecule has 1 aromatic carbocycles. The molecule has 1 aromatic heterocycles. The molecule has 4 heteroatoms. The van der Waals surface area contributed by atoms with E-state index < -0.39 is 0 Å². The molecule has 0 saturated heterocycles. The quantitative estimate of drug-likeness (QED) is 0.802. The van der Waals surface area contributed by atoms with Crippen molar-refractivity contribution in [3.8, 4) is 0 Å². The second-order valence-electron chi connectivity index (χ2n) is 4.53. The van der Waals surface area contributed by atoms with Crippen LogP contribution < -0.4 is 5.32 Å². The molecule has 1 N–H and O–H groups in total. The second kappa shape index (κ2) is 6.64. The van der Waals surface area contributed by atoms with Crippen molar-refractivity contribution in [2.24, 2.45) is 0 Å². The highest BCUT2D eigenvalue weighted by Crippen LogP contribution is 2.31. The third-order valence-electron chi connectivity index (χ3n) is 3.04. The van der Waals surface area contributed by atoms with E-state index in [1.54, 1.807) is 11.3 Å². The molecular formula is C15H17BrFNS. The van der Waals surface area contributed by atoms with Crippen molar-refractivity contribution in [1.29, 1.82) is 0 Å². The smallest absolute Gasteiger partial charge is 0.137 e. The van der Waals surface area contributed by atoms with Gasteiger partial charge in [-0.1, -0.05) is 13.0 Å². The van der Waals surface area contributed by atoms with Crippen LogP contribution in [0.1, 0.15) is 35.4 Å². The predicted octanol–water partition coefficient (Wildman–Crippen LogP) is 5.05. The lowest BCUT2D eigenvalue weighted by molar-refractivity contribution is 0.595. The summed E-state index contributed by atoms with van der Waals surface area (Å²) in [5.41, 5.74) is 2.37. The average Bonchev–Trinajstić information content (AvgIpc) is 2.80. The number of hydrogen-bond acceptors (Lipinski definition) is 2. The zero-order chi connectivity index (χ0) is 13.8. The van der Waals surface area contributed by atoms with E-state index in [-0.39, 0.29) is 11.9 Å². The van der Waals surface area contributed by atoms with Crippen LogP contribution in [0.25, 0.3) is 0 Å². The molecular weight excluding hydrogens is 325 g/mol. The van der Waals surface area contributed by atoms with Gasteiger partial charge in [0.15, 0.2) is 0 Å². The van der Waals surface area contributed by atoms with Gasteiger partial charge in [-0.3, -0.25) is 0 Å². The van der Waals surface area contributed by atoms with Crippen LogP contribution in [0, 0.1) is 12.7 Å². The molecule has 0 aliphatic heterocycles. The van der Waals surface area contributed by atoms with Crippen LogP contribution in [0.5, 0.6) is 0 Å². The van der Waals surface area contributed by atoms with Crippen LogP contribution in [0.3, 0.4) is 0 Å². The molecule has 0 bridgehead atoms. The molecule has 0 amide bonds. The molecule has 2 aromatic rings. The van der Waals surface area contributed by atoms with E-state index >= 15 is 0 Å². The Kier molecular flexibility index (Phi) is 5.13. The Morgan fingerprint density at radius 2 is 2.16 bits per heavy atom. The zero-order valence-electron chi connectivity index (χ0n) is 11.0. The lowest BCUT2D eigenvalue weighted by Gasteiger charge is -2.19. The van der Waals surface area contributed by atoms with Crippen molar-refractivity contribution in [3.05, 3.63) is 55.9 Å². The van der Waals surface area contributed by atoms with Gasteiger partial charge in [0.05, 0.1) is 10.5 Å². The van der Waals surface area contributed by atoms with E-state index in [0.717, 1.165) is 18.5 Å². The molecule has 1 heterocycles. The largest absolute Gasteiger partial charge is 0.306 e. The van der Waals surface area contributed by atoms with Gasteiger partial charge in [0.25, 0.3) is 0 Å². The zero-order valence-corrected chi connectivity index (χ0v) is 13.4. The van der Waals surface area contributed by atoms with Gasteiger partial charge >= 0.3 is 0 Å². The maximum atomic E-state index is 13.4. The highest BCUT2D eigenvalue weighted by Gasteiger charge is 2.17. The van der Waals surface area contributed by atoms with Crippen LogP contribution in [0.2, 0.25) is 0 Å². The standard InChI is InChI=1S/C15H17BrFNS/c1-3-7-18-14(15-10(2)6-8-19-15)11-4-5-13(17)12(16)9-11/h4-6,8-9,14,18H,3,7H2,1-2H3. The molecule has 0 saturated carbocycles. The van der Waals surface area contributed by atoms with Crippen molar-refractivity contribution in [2.75, 3.05) is 6.54 Å². The van der Waals surface area contributed by atoms with Gasteiger partial charge in [-0.15, -0.1) is 11.3 Å². The molecule has 19 heavy (non-hydrogen) atoms. The van der Waals surface area contributed by atoms with Gasteiger partial charge in [0.1, 0.15) is 5.82 Å². The fraction of sp³-hybridized carbons (Fsp3) is 0.333. The molecule has 0 radical (unpaired) electrons. The minimum atomic E-state index is -0.221. The van der Waals surface area contributed by atoms with Crippen molar-refractivity contribution in [3.63, 3.8) is 0 Å². The SMILES string of the molecule is CCCNC(c1ccc(F)c(Br)c1)c1sccc1C. The first kappa shape index (κ1) is 14.7. The second-order valence-corrected chi connectivity index (χ2v) is 6.33. The van der Waals surface area contributed by atoms with Crippen LogP contribution in [0.15, 0.2) is 34.1 Å². The molecule has 0 fully saturated rings. The lowest BCUT2D eigenvalue weighted by atomic mass is 10.0. The maximum absolute atomic E-state index is 13.4. The lowest BCUT2D eigenvalue weighted by Crippen LogP contribution is -2.23. The molecule has 0 aliphatic carbocycles. The van der Waals surface area contributed by atoms with E-state index in [1.807, 2.05) is 12.1 Å². The Labute approximate surface area is 126 Å². The van der Waals surface area contributed by atoms with E-state index in [0.29, 0.717) is 4.47 Å². The van der Waals surface area contributed by atoms with Crippen molar-refractivity contribution < 1.29 is 4.39 Å². The summed E-state index contributed by atoms with van der Waals surface area (Å²) in [6.07, 6.45) is 1.07. The number of nitrogens with one attached hydrogen (secondary N) is 1. The van der Waals surface area contributed by atoms with Crippen LogP contribution in [0.4, 0.5) is 4.39 Å². The van der Waals surface area contributed by atoms with Crippen LogP contribution in [-0.2, 0) is 0 Å². The van der Waals surface area contributed by atoms with E-state index in [4.69, 9.17) is 0 Å². The van der Waals surface area contributed by atoms with E-state index in [9.17, 15) is 4.39 Å². The summed E-state index contributed by atoms with van der Waals surface area (Å²) >= 11 is 5.01. The normalized spacial score (nSPS) is 12.6. The summed E-state index contributed by atoms with van der Waals surface area (Å²) in [5.74, 6) is -0.221. The summed E-state index contributed by atoms with van der Waals surface area (Å²) in [5, 5.41) is 5.64. The minimum Gasteiger partial charge on any atom is -0.306 e. The number of aryl methyl sites for hydroxylation is 1. The summed E-state index contributed by atoms with van der Waals surface area (Å²) < 4.78 is 13.9. The van der Waals surface area contributed by atoms with Gasteiger partial charge < -0.3 is 5.32 Å². The van der Waals surface area contributed by atoms with Gasteiger partial charge in [-0.2, -0.15) is 0 Å². The molecule has 1 nitrogen and oxygen atoms in total. The first-order valence-corrected chi connectivity index (χ1v) is 8.03. The summed E-state index contributed by atoms with van der Waals surface area (Å²) in [6.45, 7) is 5.20. The summed E-state index contributed by atoms with van der Waals surface area (Å²) in [7, 11) is 0. The number of benzene rings is 1. The van der Waals surface area contributed by atoms with Gasteiger partial charge in [0.2, 0.25) is 0 Å². The summed E-state index contributed by atoms with van der Waals surface area (Å²) in [6, 6.07) is 7.49. The Hall–Kier alpha value is -0.710. The third-order valence-corrected chi connectivity index (χ3v) is 4.73. The maximum Gasteiger partial charge on any atom is 0.137 e. The summed E-state index contributed by atoms with van der Waals surface area (Å²) in [4.78, 5) is 1.30. The Balaban J connectivity index is 2.37. The van der Waals surface area contributed by atoms with E-state index in [2.05, 4.69) is 46.5 Å². The Morgan fingerprint density at radius 1 is 1.37 bits per heavy atom. The van der Waals surface area contributed by atoms with Crippen molar-refractivity contribution in [1.82, 2.24) is 5.32 Å². The molecule has 0 aliphatic rings. The minimum absolute atomic E-state index is 0.136. The van der Waals surface area contributed by atoms with Gasteiger partial charge in [0, 0.05) is 4.88 Å². The highest BCUT2D eigenvalue weighted by molar-refractivity contribution is 9.10. The monoisotopic (exact) mass is 341 g/mol. The molecule has 1 atom stereocenters. The Bertz CT molecular complexity index is 553. The first-order chi connectivity index (χ1) is 9.13. The number of rotatable bonds is 5. The molecule has 2 rings (SSSR count). The molecule has 0 spiro atoms. The Morgan fingerprint density at radius 3 is 2.74 bits per heavy atom. The topological polar surface area (TPSA) is 12.0 Å². The highest BCUT2D eigenvalue weighted by atomic mass is 79.9. The van der Waals surface area contributed by atoms with Gasteiger partial charge in [-0.25, -0.2) is 4.39 Å². The molecule has 102 valence electrons. The van der Waals surface area contributed by atoms with Crippen LogP contribution in [-0.4, -0.2) is 6.54 Å². The first-order valence-electron chi connectivity index (χ1n) is 6.35.